The van der Waals surface area contributed by atoms with Crippen molar-refractivity contribution in [3.05, 3.63) is 23.4 Å². The smallest absolute Gasteiger partial charge is 0.164 e. The van der Waals surface area contributed by atoms with Crippen LogP contribution in [0.1, 0.15) is 42.5 Å². The van der Waals surface area contributed by atoms with E-state index in [1.165, 1.54) is 0 Å². The number of fused-ring (bicyclic) bond motifs is 1. The van der Waals surface area contributed by atoms with Crippen LogP contribution in [0.15, 0.2) is 6.07 Å². The van der Waals surface area contributed by atoms with Gasteiger partial charge in [0.25, 0.3) is 0 Å². The average Bonchev–Trinajstić information content (AvgIpc) is 2.83. The third-order valence-electron chi connectivity index (χ3n) is 3.55. The summed E-state index contributed by atoms with van der Waals surface area (Å²) in [5.74, 6) is 2.42. The molecule has 2 atom stereocenters. The Morgan fingerprint density at radius 2 is 2.12 bits per heavy atom. The lowest BCUT2D eigenvalue weighted by molar-refractivity contribution is 0.631. The Labute approximate surface area is 100 Å². The second kappa shape index (κ2) is 3.77. The molecular weight excluding hydrogens is 214 g/mol. The zero-order valence-electron chi connectivity index (χ0n) is 10.2. The Bertz CT molecular complexity index is 559. The summed E-state index contributed by atoms with van der Waals surface area (Å²) in [7, 11) is 0. The van der Waals surface area contributed by atoms with Gasteiger partial charge in [0, 0.05) is 23.7 Å². The normalized spacial score (nSPS) is 24.6. The van der Waals surface area contributed by atoms with Crippen molar-refractivity contribution < 1.29 is 0 Å². The highest BCUT2D eigenvalue weighted by Gasteiger charge is 2.27. The van der Waals surface area contributed by atoms with Crippen LogP contribution in [0.4, 0.5) is 0 Å². The van der Waals surface area contributed by atoms with Crippen molar-refractivity contribution in [2.75, 3.05) is 0 Å². The van der Waals surface area contributed by atoms with Gasteiger partial charge in [-0.3, -0.25) is 4.40 Å². The molecule has 1 saturated carbocycles. The summed E-state index contributed by atoms with van der Waals surface area (Å²) in [5, 5.41) is 8.57. The van der Waals surface area contributed by atoms with E-state index in [9.17, 15) is 0 Å². The molecule has 0 radical (unpaired) electrons. The SMILES string of the molecule is Cc1cc2nnc([C@@H]3CC[C@H](N)C3)n2c(C)n1. The van der Waals surface area contributed by atoms with Crippen molar-refractivity contribution in [3.63, 3.8) is 0 Å². The number of nitrogens with zero attached hydrogens (tertiary/aromatic N) is 4. The number of aromatic nitrogens is 4. The van der Waals surface area contributed by atoms with Crippen LogP contribution in [0.2, 0.25) is 0 Å². The number of nitrogens with two attached hydrogens (primary N) is 1. The molecule has 0 aromatic carbocycles. The lowest BCUT2D eigenvalue weighted by Crippen LogP contribution is -2.15. The molecule has 2 aromatic rings. The molecule has 1 aliphatic carbocycles. The van der Waals surface area contributed by atoms with Crippen molar-refractivity contribution in [2.45, 2.75) is 45.1 Å². The second-order valence-corrected chi connectivity index (χ2v) is 4.97. The van der Waals surface area contributed by atoms with Gasteiger partial charge >= 0.3 is 0 Å². The van der Waals surface area contributed by atoms with Crippen molar-refractivity contribution in [2.24, 2.45) is 5.73 Å². The van der Waals surface area contributed by atoms with Gasteiger partial charge in [0.1, 0.15) is 11.6 Å². The first-order chi connectivity index (χ1) is 8.15. The fourth-order valence-corrected chi connectivity index (χ4v) is 2.77. The summed E-state index contributed by atoms with van der Waals surface area (Å²) < 4.78 is 2.07. The third-order valence-corrected chi connectivity index (χ3v) is 3.55. The van der Waals surface area contributed by atoms with E-state index < -0.39 is 0 Å². The standard InChI is InChI=1S/C12H17N5/c1-7-5-11-15-16-12(17(11)8(2)14-7)9-3-4-10(13)6-9/h5,9-10H,3-4,6,13H2,1-2H3/t9-,10+/m1/s1. The number of aryl methyl sites for hydroxylation is 2. The van der Waals surface area contributed by atoms with Crippen molar-refractivity contribution in [1.29, 1.82) is 0 Å². The first kappa shape index (κ1) is 10.7. The highest BCUT2D eigenvalue weighted by atomic mass is 15.3. The maximum atomic E-state index is 5.96. The highest BCUT2D eigenvalue weighted by molar-refractivity contribution is 5.40. The van der Waals surface area contributed by atoms with Crippen LogP contribution in [0.3, 0.4) is 0 Å². The van der Waals surface area contributed by atoms with Crippen LogP contribution >= 0.6 is 0 Å². The Balaban J connectivity index is 2.11. The van der Waals surface area contributed by atoms with Gasteiger partial charge in [0.15, 0.2) is 5.65 Å². The van der Waals surface area contributed by atoms with E-state index in [0.717, 1.165) is 42.3 Å². The second-order valence-electron chi connectivity index (χ2n) is 4.97. The molecule has 2 N–H and O–H groups in total. The van der Waals surface area contributed by atoms with Gasteiger partial charge in [-0.1, -0.05) is 0 Å². The van der Waals surface area contributed by atoms with E-state index in [0.29, 0.717) is 12.0 Å². The van der Waals surface area contributed by atoms with Crippen LogP contribution in [0.25, 0.3) is 5.65 Å². The van der Waals surface area contributed by atoms with Crippen LogP contribution in [0.5, 0.6) is 0 Å². The fourth-order valence-electron chi connectivity index (χ4n) is 2.77. The van der Waals surface area contributed by atoms with Crippen LogP contribution in [-0.4, -0.2) is 25.6 Å². The minimum atomic E-state index is 0.311. The minimum Gasteiger partial charge on any atom is -0.328 e. The Morgan fingerprint density at radius 3 is 2.82 bits per heavy atom. The maximum Gasteiger partial charge on any atom is 0.164 e. The minimum absolute atomic E-state index is 0.311. The van der Waals surface area contributed by atoms with Crippen LogP contribution in [0, 0.1) is 13.8 Å². The van der Waals surface area contributed by atoms with Crippen molar-refractivity contribution >= 4 is 5.65 Å². The third kappa shape index (κ3) is 1.70. The highest BCUT2D eigenvalue weighted by Crippen LogP contribution is 2.32. The van der Waals surface area contributed by atoms with E-state index in [2.05, 4.69) is 19.6 Å². The number of rotatable bonds is 1. The maximum absolute atomic E-state index is 5.96. The topological polar surface area (TPSA) is 69.1 Å². The largest absolute Gasteiger partial charge is 0.328 e. The molecule has 0 spiro atoms. The predicted molar refractivity (Wildman–Crippen MR) is 64.8 cm³/mol. The lowest BCUT2D eigenvalue weighted by atomic mass is 10.1. The first-order valence-corrected chi connectivity index (χ1v) is 6.10. The molecule has 1 fully saturated rings. The van der Waals surface area contributed by atoms with Crippen LogP contribution < -0.4 is 5.73 Å². The Kier molecular flexibility index (Phi) is 2.36. The average molecular weight is 231 g/mol. The summed E-state index contributed by atoms with van der Waals surface area (Å²) in [6.07, 6.45) is 3.20. The molecule has 0 unspecified atom stereocenters. The molecule has 5 heteroatoms. The van der Waals surface area contributed by atoms with Gasteiger partial charge in [0.05, 0.1) is 0 Å². The molecule has 1 aliphatic rings. The van der Waals surface area contributed by atoms with Crippen molar-refractivity contribution in [1.82, 2.24) is 19.6 Å². The zero-order valence-corrected chi connectivity index (χ0v) is 10.2. The summed E-state index contributed by atoms with van der Waals surface area (Å²) in [6, 6.07) is 2.28. The zero-order chi connectivity index (χ0) is 12.0. The van der Waals surface area contributed by atoms with Crippen molar-refractivity contribution in [3.8, 4) is 0 Å². The number of hydrogen-bond donors (Lipinski definition) is 1. The van der Waals surface area contributed by atoms with E-state index >= 15 is 0 Å². The molecule has 2 heterocycles. The number of hydrogen-bond acceptors (Lipinski definition) is 4. The van der Waals surface area contributed by atoms with E-state index in [1.54, 1.807) is 0 Å². The molecule has 3 rings (SSSR count). The van der Waals surface area contributed by atoms with Gasteiger partial charge in [-0.05, 0) is 33.1 Å². The van der Waals surface area contributed by atoms with Gasteiger partial charge < -0.3 is 5.73 Å². The summed E-state index contributed by atoms with van der Waals surface area (Å²) in [5.41, 5.74) is 7.84. The van der Waals surface area contributed by atoms with Gasteiger partial charge in [0.2, 0.25) is 0 Å². The molecule has 90 valence electrons. The van der Waals surface area contributed by atoms with Crippen LogP contribution in [-0.2, 0) is 0 Å². The molecule has 2 aromatic heterocycles. The van der Waals surface area contributed by atoms with Gasteiger partial charge in [-0.2, -0.15) is 0 Å². The van der Waals surface area contributed by atoms with E-state index in [4.69, 9.17) is 5.73 Å². The monoisotopic (exact) mass is 231 g/mol. The van der Waals surface area contributed by atoms with Gasteiger partial charge in [-0.15, -0.1) is 10.2 Å². The molecule has 0 amide bonds. The molecule has 17 heavy (non-hydrogen) atoms. The molecule has 5 nitrogen and oxygen atoms in total. The Hall–Kier alpha value is -1.49. The Morgan fingerprint density at radius 1 is 1.29 bits per heavy atom. The summed E-state index contributed by atoms with van der Waals surface area (Å²) in [4.78, 5) is 4.48. The molecule has 0 bridgehead atoms. The fraction of sp³-hybridized carbons (Fsp3) is 0.583. The summed E-state index contributed by atoms with van der Waals surface area (Å²) >= 11 is 0. The first-order valence-electron chi connectivity index (χ1n) is 6.10. The summed E-state index contributed by atoms with van der Waals surface area (Å²) in [6.45, 7) is 3.98. The van der Waals surface area contributed by atoms with E-state index in [1.807, 2.05) is 19.9 Å². The predicted octanol–water partition coefficient (Wildman–Crippen LogP) is 1.34. The quantitative estimate of drug-likeness (QED) is 0.804. The lowest BCUT2D eigenvalue weighted by Gasteiger charge is -2.09. The van der Waals surface area contributed by atoms with E-state index in [-0.39, 0.29) is 0 Å². The molecular formula is C12H17N5. The molecule has 0 saturated heterocycles. The van der Waals surface area contributed by atoms with Gasteiger partial charge in [-0.25, -0.2) is 4.98 Å². The molecule has 0 aliphatic heterocycles.